The lowest BCUT2D eigenvalue weighted by atomic mass is 10.0. The second kappa shape index (κ2) is 9.94. The number of aromatic nitrogens is 4. The third-order valence-electron chi connectivity index (χ3n) is 5.88. The fourth-order valence-corrected chi connectivity index (χ4v) is 4.55. The Balaban J connectivity index is 1.73. The van der Waals surface area contributed by atoms with Crippen molar-refractivity contribution in [1.82, 2.24) is 24.8 Å². The van der Waals surface area contributed by atoms with Gasteiger partial charge in [0.25, 0.3) is 0 Å². The molecule has 0 spiro atoms. The molecule has 1 fully saturated rings. The number of aromatic amines is 1. The molecule has 1 aliphatic carbocycles. The Morgan fingerprint density at radius 1 is 1.33 bits per heavy atom. The summed E-state index contributed by atoms with van der Waals surface area (Å²) < 4.78 is 26.2. The van der Waals surface area contributed by atoms with E-state index in [1.165, 1.54) is 11.9 Å². The van der Waals surface area contributed by atoms with Crippen LogP contribution in [-0.2, 0) is 10.0 Å². The van der Waals surface area contributed by atoms with Gasteiger partial charge in [-0.05, 0) is 50.5 Å². The predicted molar refractivity (Wildman–Crippen MR) is 139 cm³/mol. The Morgan fingerprint density at radius 2 is 2.06 bits per heavy atom. The molecule has 2 aromatic heterocycles. The van der Waals surface area contributed by atoms with Gasteiger partial charge in [0.15, 0.2) is 0 Å². The number of H-pyrrole nitrogens is 1. The van der Waals surface area contributed by atoms with Gasteiger partial charge in [-0.25, -0.2) is 28.2 Å². The van der Waals surface area contributed by atoms with Gasteiger partial charge in [0.2, 0.25) is 16.0 Å². The van der Waals surface area contributed by atoms with Crippen LogP contribution in [0.2, 0.25) is 5.02 Å². The second-order valence-corrected chi connectivity index (χ2v) is 11.2. The number of amides is 1. The number of halogens is 1. The zero-order valence-corrected chi connectivity index (χ0v) is 21.9. The highest BCUT2D eigenvalue weighted by Gasteiger charge is 2.30. The molecule has 4 N–H and O–H groups in total. The topological polar surface area (TPSA) is 153 Å². The van der Waals surface area contributed by atoms with Gasteiger partial charge < -0.3 is 20.3 Å². The lowest BCUT2D eigenvalue weighted by molar-refractivity contribution is 0.144. The molecular weight excluding hydrogens is 506 g/mol. The van der Waals surface area contributed by atoms with Crippen LogP contribution in [0, 0.1) is 6.92 Å². The summed E-state index contributed by atoms with van der Waals surface area (Å²) in [6.07, 6.45) is 3.71. The van der Waals surface area contributed by atoms with E-state index in [1.54, 1.807) is 25.3 Å². The number of rotatable bonds is 9. The molecule has 1 saturated carbocycles. The van der Waals surface area contributed by atoms with Crippen LogP contribution in [-0.4, -0.2) is 70.3 Å². The highest BCUT2D eigenvalue weighted by atomic mass is 35.5. The molecule has 1 atom stereocenters. The number of nitrogens with zero attached hydrogens (tertiary/aromatic N) is 4. The first kappa shape index (κ1) is 25.7. The molecule has 11 nitrogen and oxygen atoms in total. The van der Waals surface area contributed by atoms with Gasteiger partial charge in [-0.2, -0.15) is 0 Å². The molecule has 3 aromatic rings. The first-order valence-corrected chi connectivity index (χ1v) is 13.6. The third kappa shape index (κ3) is 5.88. The van der Waals surface area contributed by atoms with E-state index < -0.39 is 16.1 Å². The molecule has 1 aromatic carbocycles. The predicted octanol–water partition coefficient (Wildman–Crippen LogP) is 4.15. The summed E-state index contributed by atoms with van der Waals surface area (Å²) in [5.74, 6) is 1.47. The van der Waals surface area contributed by atoms with Gasteiger partial charge in [0, 0.05) is 37.3 Å². The molecule has 192 valence electrons. The number of sulfonamides is 1. The lowest BCUT2D eigenvalue weighted by Gasteiger charge is -2.22. The van der Waals surface area contributed by atoms with Crippen LogP contribution in [0.4, 0.5) is 16.4 Å². The van der Waals surface area contributed by atoms with Crippen LogP contribution in [0.25, 0.3) is 22.6 Å². The molecular formula is C23H28ClN7O4S. The normalized spacial score (nSPS) is 14.4. The maximum atomic E-state index is 11.9. The fourth-order valence-electron chi connectivity index (χ4n) is 3.68. The van der Waals surface area contributed by atoms with Crippen molar-refractivity contribution in [3.63, 3.8) is 0 Å². The first-order valence-electron chi connectivity index (χ1n) is 11.3. The average molecular weight is 534 g/mol. The summed E-state index contributed by atoms with van der Waals surface area (Å²) in [6.45, 7) is 3.95. The van der Waals surface area contributed by atoms with Crippen molar-refractivity contribution in [2.24, 2.45) is 0 Å². The second-order valence-electron chi connectivity index (χ2n) is 9.06. The largest absolute Gasteiger partial charge is 0.465 e. The van der Waals surface area contributed by atoms with E-state index in [-0.39, 0.29) is 16.8 Å². The lowest BCUT2D eigenvalue weighted by Crippen LogP contribution is -2.38. The molecule has 2 heterocycles. The van der Waals surface area contributed by atoms with E-state index in [0.29, 0.717) is 41.1 Å². The number of carboxylic acid groups (broad SMARTS) is 1. The van der Waals surface area contributed by atoms with Crippen molar-refractivity contribution in [2.75, 3.05) is 29.9 Å². The number of nitrogens with one attached hydrogen (secondary N) is 3. The summed E-state index contributed by atoms with van der Waals surface area (Å²) in [7, 11) is -2.04. The summed E-state index contributed by atoms with van der Waals surface area (Å²) in [5.41, 5.74) is 3.42. The number of carbonyl (C=O) groups is 1. The van der Waals surface area contributed by atoms with Crippen LogP contribution < -0.4 is 10.0 Å². The van der Waals surface area contributed by atoms with Gasteiger partial charge in [-0.15, -0.1) is 0 Å². The van der Waals surface area contributed by atoms with Crippen LogP contribution in [0.1, 0.15) is 37.1 Å². The summed E-state index contributed by atoms with van der Waals surface area (Å²) in [6, 6.07) is 4.97. The van der Waals surface area contributed by atoms with Crippen molar-refractivity contribution in [3.8, 4) is 22.6 Å². The number of imidazole rings is 1. The van der Waals surface area contributed by atoms with E-state index in [4.69, 9.17) is 21.7 Å². The Bertz CT molecular complexity index is 1410. The summed E-state index contributed by atoms with van der Waals surface area (Å²) in [4.78, 5) is 29.5. The number of likely N-dealkylation sites (N-methyl/N-ethyl adjacent to an activating group) is 1. The van der Waals surface area contributed by atoms with Crippen molar-refractivity contribution >= 4 is 39.4 Å². The minimum atomic E-state index is -3.54. The SMILES string of the molecule is Cc1cc(NS(C)(=O)=O)c(Cl)c(-c2nc(C3CC3)[nH]c2-c2ccnc(NC[C@H](C)N(C)C(=O)O)n2)c1. The maximum absolute atomic E-state index is 11.9. The van der Waals surface area contributed by atoms with Crippen molar-refractivity contribution in [2.45, 2.75) is 38.6 Å². The van der Waals surface area contributed by atoms with Gasteiger partial charge in [-0.3, -0.25) is 4.72 Å². The van der Waals surface area contributed by atoms with Gasteiger partial charge in [-0.1, -0.05) is 11.6 Å². The maximum Gasteiger partial charge on any atom is 0.407 e. The molecule has 4 rings (SSSR count). The number of aryl methyl sites for hydroxylation is 1. The number of anilines is 2. The van der Waals surface area contributed by atoms with E-state index in [0.717, 1.165) is 30.5 Å². The Hall–Kier alpha value is -3.38. The zero-order chi connectivity index (χ0) is 26.2. The number of hydrogen-bond acceptors (Lipinski definition) is 7. The Kier molecular flexibility index (Phi) is 7.10. The first-order chi connectivity index (χ1) is 16.9. The molecule has 0 aliphatic heterocycles. The van der Waals surface area contributed by atoms with Crippen LogP contribution in [0.5, 0.6) is 0 Å². The van der Waals surface area contributed by atoms with E-state index in [9.17, 15) is 13.2 Å². The van der Waals surface area contributed by atoms with Crippen LogP contribution in [0.3, 0.4) is 0 Å². The quantitative estimate of drug-likeness (QED) is 0.320. The van der Waals surface area contributed by atoms with Crippen molar-refractivity contribution in [1.29, 1.82) is 0 Å². The summed E-state index contributed by atoms with van der Waals surface area (Å²) >= 11 is 6.68. The molecule has 0 bridgehead atoms. The zero-order valence-electron chi connectivity index (χ0n) is 20.3. The van der Waals surface area contributed by atoms with Gasteiger partial charge >= 0.3 is 6.09 Å². The molecule has 0 saturated heterocycles. The molecule has 1 aliphatic rings. The highest BCUT2D eigenvalue weighted by molar-refractivity contribution is 7.92. The van der Waals surface area contributed by atoms with Crippen LogP contribution in [0.15, 0.2) is 24.4 Å². The minimum absolute atomic E-state index is 0.235. The van der Waals surface area contributed by atoms with E-state index in [1.807, 2.05) is 13.0 Å². The minimum Gasteiger partial charge on any atom is -0.465 e. The molecule has 13 heteroatoms. The van der Waals surface area contributed by atoms with Crippen molar-refractivity contribution < 1.29 is 18.3 Å². The molecule has 0 unspecified atom stereocenters. The standard InChI is InChI=1S/C23H28ClN7O4S/c1-12-9-15(18(24)17(10-12)30-36(4,34)35)19-20(29-21(28-19)14-5-6-14)16-7-8-25-22(27-16)26-11-13(2)31(3)23(32)33/h7-10,13-14,30H,5-6,11H2,1-4H3,(H,28,29)(H,32,33)(H,25,26,27)/t13-/m0/s1. The van der Waals surface area contributed by atoms with Crippen LogP contribution >= 0.6 is 11.6 Å². The molecule has 0 radical (unpaired) electrons. The average Bonchev–Trinajstić information content (AvgIpc) is 3.56. The fraction of sp³-hybridized carbons (Fsp3) is 0.391. The van der Waals surface area contributed by atoms with Gasteiger partial charge in [0.1, 0.15) is 5.82 Å². The molecule has 36 heavy (non-hydrogen) atoms. The van der Waals surface area contributed by atoms with Crippen molar-refractivity contribution in [3.05, 3.63) is 40.8 Å². The van der Waals surface area contributed by atoms with E-state index in [2.05, 4.69) is 25.0 Å². The van der Waals surface area contributed by atoms with E-state index >= 15 is 0 Å². The Morgan fingerprint density at radius 3 is 2.69 bits per heavy atom. The third-order valence-corrected chi connectivity index (χ3v) is 6.88. The number of benzene rings is 1. The Labute approximate surface area is 214 Å². The summed E-state index contributed by atoms with van der Waals surface area (Å²) in [5, 5.41) is 12.5. The van der Waals surface area contributed by atoms with Gasteiger partial charge in [0.05, 0.1) is 34.0 Å². The monoisotopic (exact) mass is 533 g/mol. The highest BCUT2D eigenvalue weighted by Crippen LogP contribution is 2.44. The molecule has 1 amide bonds. The number of hydrogen-bond donors (Lipinski definition) is 4. The smallest absolute Gasteiger partial charge is 0.407 e.